The first-order chi connectivity index (χ1) is 10.6. The Morgan fingerprint density at radius 1 is 1.09 bits per heavy atom. The van der Waals surface area contributed by atoms with Gasteiger partial charge in [-0.1, -0.05) is 24.3 Å². The number of ketones is 1. The summed E-state index contributed by atoms with van der Waals surface area (Å²) in [6.45, 7) is 0.737. The van der Waals surface area contributed by atoms with Crippen LogP contribution in [0.3, 0.4) is 0 Å². The second-order valence-corrected chi connectivity index (χ2v) is 6.25. The van der Waals surface area contributed by atoms with E-state index in [4.69, 9.17) is 10.8 Å². The van der Waals surface area contributed by atoms with Crippen molar-refractivity contribution in [2.45, 2.75) is 44.9 Å². The maximum absolute atomic E-state index is 12.5. The number of carboxylic acids is 1. The first-order valence-corrected chi connectivity index (χ1v) is 8.15. The highest BCUT2D eigenvalue weighted by Gasteiger charge is 2.26. The van der Waals surface area contributed by atoms with Gasteiger partial charge in [-0.3, -0.25) is 9.59 Å². The number of Topliss-reactive ketones (excluding diaryl/α,β-unsaturated/α-hetero) is 1. The summed E-state index contributed by atoms with van der Waals surface area (Å²) in [7, 11) is 0. The van der Waals surface area contributed by atoms with Crippen LogP contribution in [-0.4, -0.2) is 23.4 Å². The second-order valence-electron chi connectivity index (χ2n) is 6.25. The van der Waals surface area contributed by atoms with Gasteiger partial charge < -0.3 is 10.8 Å². The molecular formula is C18H25NO3. The summed E-state index contributed by atoms with van der Waals surface area (Å²) >= 11 is 0. The molecule has 2 rings (SSSR count). The van der Waals surface area contributed by atoms with Crippen LogP contribution >= 0.6 is 0 Å². The number of hydrogen-bond donors (Lipinski definition) is 2. The molecule has 0 heterocycles. The average molecular weight is 303 g/mol. The van der Waals surface area contributed by atoms with Crippen molar-refractivity contribution in [3.05, 3.63) is 35.4 Å². The Morgan fingerprint density at radius 2 is 1.73 bits per heavy atom. The molecule has 0 atom stereocenters. The number of carbonyl (C=O) groups is 2. The summed E-state index contributed by atoms with van der Waals surface area (Å²) in [5.74, 6) is 0.261. The first-order valence-electron chi connectivity index (χ1n) is 8.15. The van der Waals surface area contributed by atoms with E-state index in [1.807, 2.05) is 24.3 Å². The quantitative estimate of drug-likeness (QED) is 0.759. The lowest BCUT2D eigenvalue weighted by Crippen LogP contribution is -2.23. The molecule has 1 fully saturated rings. The zero-order chi connectivity index (χ0) is 15.9. The third kappa shape index (κ3) is 4.67. The van der Waals surface area contributed by atoms with Crippen LogP contribution in [0.15, 0.2) is 24.3 Å². The summed E-state index contributed by atoms with van der Waals surface area (Å²) in [6, 6.07) is 7.42. The van der Waals surface area contributed by atoms with Crippen LogP contribution in [0.1, 0.15) is 54.4 Å². The van der Waals surface area contributed by atoms with Crippen LogP contribution in [0.5, 0.6) is 0 Å². The van der Waals surface area contributed by atoms with E-state index in [2.05, 4.69) is 0 Å². The van der Waals surface area contributed by atoms with Crippen molar-refractivity contribution in [2.75, 3.05) is 6.54 Å². The van der Waals surface area contributed by atoms with Gasteiger partial charge in [0.05, 0.1) is 0 Å². The molecule has 1 aliphatic carbocycles. The normalized spacial score (nSPS) is 21.5. The minimum Gasteiger partial charge on any atom is -0.481 e. The highest BCUT2D eigenvalue weighted by atomic mass is 16.4. The molecule has 1 aromatic carbocycles. The summed E-state index contributed by atoms with van der Waals surface area (Å²) < 4.78 is 0. The van der Waals surface area contributed by atoms with Gasteiger partial charge in [-0.15, -0.1) is 0 Å². The van der Waals surface area contributed by atoms with Crippen LogP contribution in [0.25, 0.3) is 0 Å². The highest BCUT2D eigenvalue weighted by molar-refractivity contribution is 5.97. The molecule has 0 bridgehead atoms. The van der Waals surface area contributed by atoms with Crippen molar-refractivity contribution in [1.82, 2.24) is 0 Å². The van der Waals surface area contributed by atoms with E-state index in [1.54, 1.807) is 0 Å². The Kier molecular flexibility index (Phi) is 6.13. The predicted molar refractivity (Wildman–Crippen MR) is 85.8 cm³/mol. The molecule has 120 valence electrons. The lowest BCUT2D eigenvalue weighted by atomic mass is 9.77. The maximum atomic E-state index is 12.5. The van der Waals surface area contributed by atoms with E-state index in [0.717, 1.165) is 49.8 Å². The second kappa shape index (κ2) is 8.08. The van der Waals surface area contributed by atoms with Crippen molar-refractivity contribution in [2.24, 2.45) is 17.6 Å². The van der Waals surface area contributed by atoms with E-state index >= 15 is 0 Å². The lowest BCUT2D eigenvalue weighted by Gasteiger charge is -2.27. The van der Waals surface area contributed by atoms with Gasteiger partial charge in [0.15, 0.2) is 5.78 Å². The molecular weight excluding hydrogens is 278 g/mol. The van der Waals surface area contributed by atoms with Crippen LogP contribution in [0.4, 0.5) is 0 Å². The molecule has 0 spiro atoms. The summed E-state index contributed by atoms with van der Waals surface area (Å²) in [5.41, 5.74) is 7.31. The van der Waals surface area contributed by atoms with Gasteiger partial charge in [0, 0.05) is 17.9 Å². The molecule has 0 amide bonds. The van der Waals surface area contributed by atoms with Crippen molar-refractivity contribution >= 4 is 11.8 Å². The molecule has 1 aliphatic rings. The molecule has 4 heteroatoms. The summed E-state index contributed by atoms with van der Waals surface area (Å²) in [4.78, 5) is 23.1. The summed E-state index contributed by atoms with van der Waals surface area (Å²) in [5, 5.41) is 8.69. The van der Waals surface area contributed by atoms with Gasteiger partial charge in [-0.25, -0.2) is 0 Å². The molecule has 1 aromatic rings. The number of carboxylic acid groups (broad SMARTS) is 1. The first kappa shape index (κ1) is 16.7. The zero-order valence-corrected chi connectivity index (χ0v) is 13.0. The smallest absolute Gasteiger partial charge is 0.303 e. The van der Waals surface area contributed by atoms with Gasteiger partial charge >= 0.3 is 5.97 Å². The van der Waals surface area contributed by atoms with Crippen LogP contribution in [-0.2, 0) is 11.2 Å². The minimum atomic E-state index is -0.797. The predicted octanol–water partition coefficient (Wildman–Crippen LogP) is 3.04. The lowest BCUT2D eigenvalue weighted by molar-refractivity contribution is -0.136. The molecule has 0 saturated heterocycles. The fraction of sp³-hybridized carbons (Fsp3) is 0.556. The average Bonchev–Trinajstić information content (AvgIpc) is 2.54. The highest BCUT2D eigenvalue weighted by Crippen LogP contribution is 2.32. The monoisotopic (exact) mass is 303 g/mol. The fourth-order valence-corrected chi connectivity index (χ4v) is 3.27. The molecule has 4 nitrogen and oxygen atoms in total. The number of aliphatic carboxylic acids is 1. The van der Waals surface area contributed by atoms with Crippen molar-refractivity contribution in [3.63, 3.8) is 0 Å². The number of aryl methyl sites for hydroxylation is 1. The van der Waals surface area contributed by atoms with Crippen molar-refractivity contribution < 1.29 is 14.7 Å². The number of rotatable bonds is 7. The molecule has 0 unspecified atom stereocenters. The third-order valence-corrected chi connectivity index (χ3v) is 4.66. The molecule has 1 saturated carbocycles. The molecule has 0 aliphatic heterocycles. The largest absolute Gasteiger partial charge is 0.481 e. The molecule has 3 N–H and O–H groups in total. The zero-order valence-electron chi connectivity index (χ0n) is 13.0. The van der Waals surface area contributed by atoms with Gasteiger partial charge in [0.25, 0.3) is 0 Å². The maximum Gasteiger partial charge on any atom is 0.303 e. The van der Waals surface area contributed by atoms with E-state index in [0.29, 0.717) is 12.3 Å². The number of benzene rings is 1. The Bertz CT molecular complexity index is 502. The van der Waals surface area contributed by atoms with Gasteiger partial charge in [-0.2, -0.15) is 0 Å². The van der Waals surface area contributed by atoms with E-state index < -0.39 is 5.97 Å². The topological polar surface area (TPSA) is 80.4 Å². The van der Waals surface area contributed by atoms with E-state index in [-0.39, 0.29) is 18.1 Å². The third-order valence-electron chi connectivity index (χ3n) is 4.66. The van der Waals surface area contributed by atoms with Gasteiger partial charge in [-0.05, 0) is 56.6 Å². The van der Waals surface area contributed by atoms with Gasteiger partial charge in [0.1, 0.15) is 0 Å². The number of carbonyl (C=O) groups excluding carboxylic acids is 1. The van der Waals surface area contributed by atoms with Crippen LogP contribution in [0.2, 0.25) is 0 Å². The molecule has 22 heavy (non-hydrogen) atoms. The van der Waals surface area contributed by atoms with Crippen LogP contribution < -0.4 is 5.73 Å². The Morgan fingerprint density at radius 3 is 2.27 bits per heavy atom. The van der Waals surface area contributed by atoms with Crippen LogP contribution in [0, 0.1) is 11.8 Å². The minimum absolute atomic E-state index is 0.123. The van der Waals surface area contributed by atoms with E-state index in [9.17, 15) is 9.59 Å². The van der Waals surface area contributed by atoms with Gasteiger partial charge in [0.2, 0.25) is 0 Å². The molecule has 0 radical (unpaired) electrons. The standard InChI is InChI=1S/C18H25NO3/c19-12-11-14-3-8-16(9-4-14)18(22)15-6-1-13(2-7-15)5-10-17(20)21/h1-2,6-7,14,16H,3-5,8-12,19H2,(H,20,21). The number of nitrogens with two attached hydrogens (primary N) is 1. The Balaban J connectivity index is 1.89. The van der Waals surface area contributed by atoms with Crippen molar-refractivity contribution in [1.29, 1.82) is 0 Å². The SMILES string of the molecule is NCCC1CCC(C(=O)c2ccc(CCC(=O)O)cc2)CC1. The Hall–Kier alpha value is -1.68. The van der Waals surface area contributed by atoms with Crippen molar-refractivity contribution in [3.8, 4) is 0 Å². The fourth-order valence-electron chi connectivity index (χ4n) is 3.27. The summed E-state index contributed by atoms with van der Waals surface area (Å²) in [6.07, 6.45) is 5.83. The van der Waals surface area contributed by atoms with E-state index in [1.165, 1.54) is 0 Å². The molecule has 0 aromatic heterocycles. The number of hydrogen-bond acceptors (Lipinski definition) is 3. The Labute approximate surface area is 131 Å².